The van der Waals surface area contributed by atoms with E-state index in [4.69, 9.17) is 10.9 Å². The first-order valence-corrected chi connectivity index (χ1v) is 6.70. The smallest absolute Gasteiger partial charge is 0.318 e. The van der Waals surface area contributed by atoms with E-state index in [1.54, 1.807) is 4.90 Å². The maximum atomic E-state index is 12.1. The molecule has 4 N–H and O–H groups in total. The number of nitrogens with one attached hydrogen (secondary N) is 1. The van der Waals surface area contributed by atoms with E-state index < -0.39 is 0 Å². The van der Waals surface area contributed by atoms with E-state index in [1.807, 2.05) is 0 Å². The molecule has 0 saturated heterocycles. The first-order chi connectivity index (χ1) is 8.69. The Bertz CT molecular complexity index is 288. The molecule has 2 amide bonds. The number of carbonyl (C=O) groups is 1. The molecule has 0 aromatic heterocycles. The normalized spacial score (nSPS) is 16.8. The monoisotopic (exact) mass is 256 g/mol. The Morgan fingerprint density at radius 2 is 2.17 bits per heavy atom. The molecule has 1 aliphatic carbocycles. The first kappa shape index (κ1) is 14.6. The average Bonchev–Trinajstić information content (AvgIpc) is 2.89. The quantitative estimate of drug-likeness (QED) is 0.221. The van der Waals surface area contributed by atoms with E-state index >= 15 is 0 Å². The van der Waals surface area contributed by atoms with Crippen LogP contribution in [0.3, 0.4) is 0 Å². The van der Waals surface area contributed by atoms with Crippen LogP contribution >= 0.6 is 0 Å². The first-order valence-electron chi connectivity index (χ1n) is 6.70. The van der Waals surface area contributed by atoms with Crippen LogP contribution in [0.5, 0.6) is 0 Å². The Morgan fingerprint density at radius 3 is 2.72 bits per heavy atom. The minimum atomic E-state index is -0.109. The van der Waals surface area contributed by atoms with E-state index in [9.17, 15) is 4.79 Å². The average molecular weight is 256 g/mol. The molecule has 0 bridgehead atoms. The standard InChI is InChI=1S/C12H24N4O2/c1-2-3-8-14-12(17)16(9-11(13)15-18)10-6-4-5-7-10/h10,18H,2-9H2,1H3,(H2,13,15)(H,14,17). The molecule has 0 aromatic carbocycles. The predicted molar refractivity (Wildman–Crippen MR) is 70.7 cm³/mol. The molecular weight excluding hydrogens is 232 g/mol. The second-order valence-electron chi connectivity index (χ2n) is 4.74. The highest BCUT2D eigenvalue weighted by Crippen LogP contribution is 2.23. The van der Waals surface area contributed by atoms with Gasteiger partial charge in [-0.2, -0.15) is 0 Å². The highest BCUT2D eigenvalue weighted by Gasteiger charge is 2.27. The van der Waals surface area contributed by atoms with Crippen molar-refractivity contribution in [1.82, 2.24) is 10.2 Å². The molecular formula is C12H24N4O2. The summed E-state index contributed by atoms with van der Waals surface area (Å²) in [6.45, 7) is 2.95. The number of urea groups is 1. The van der Waals surface area contributed by atoms with Crippen LogP contribution < -0.4 is 11.1 Å². The number of amides is 2. The lowest BCUT2D eigenvalue weighted by Crippen LogP contribution is -2.49. The van der Waals surface area contributed by atoms with Crippen LogP contribution in [0.2, 0.25) is 0 Å². The SMILES string of the molecule is CCCCNC(=O)N(CC(N)=NO)C1CCCC1. The molecule has 1 aliphatic rings. The number of nitrogens with two attached hydrogens (primary N) is 1. The third-order valence-corrected chi connectivity index (χ3v) is 3.29. The van der Waals surface area contributed by atoms with Crippen LogP contribution in [0.15, 0.2) is 5.16 Å². The van der Waals surface area contributed by atoms with E-state index in [0.29, 0.717) is 6.54 Å². The van der Waals surface area contributed by atoms with Crippen molar-refractivity contribution in [3.05, 3.63) is 0 Å². The topological polar surface area (TPSA) is 91.0 Å². The number of hydrogen-bond donors (Lipinski definition) is 3. The van der Waals surface area contributed by atoms with E-state index in [-0.39, 0.29) is 24.5 Å². The minimum absolute atomic E-state index is 0.0764. The molecule has 0 unspecified atom stereocenters. The van der Waals surface area contributed by atoms with E-state index in [2.05, 4.69) is 17.4 Å². The summed E-state index contributed by atoms with van der Waals surface area (Å²) < 4.78 is 0. The Morgan fingerprint density at radius 1 is 1.50 bits per heavy atom. The maximum absolute atomic E-state index is 12.1. The van der Waals surface area contributed by atoms with Gasteiger partial charge < -0.3 is 21.2 Å². The Labute approximate surface area is 108 Å². The summed E-state index contributed by atoms with van der Waals surface area (Å²) in [4.78, 5) is 13.8. The van der Waals surface area contributed by atoms with Gasteiger partial charge in [0.1, 0.15) is 0 Å². The van der Waals surface area contributed by atoms with Crippen molar-refractivity contribution < 1.29 is 10.0 Å². The molecule has 0 spiro atoms. The second-order valence-corrected chi connectivity index (χ2v) is 4.74. The van der Waals surface area contributed by atoms with Gasteiger partial charge in [0.05, 0.1) is 6.54 Å². The summed E-state index contributed by atoms with van der Waals surface area (Å²) in [5.74, 6) is 0.0764. The zero-order chi connectivity index (χ0) is 13.4. The van der Waals surface area contributed by atoms with Gasteiger partial charge >= 0.3 is 6.03 Å². The zero-order valence-electron chi connectivity index (χ0n) is 11.1. The Balaban J connectivity index is 2.55. The van der Waals surface area contributed by atoms with Gasteiger partial charge in [0, 0.05) is 12.6 Å². The zero-order valence-corrected chi connectivity index (χ0v) is 11.1. The van der Waals surface area contributed by atoms with E-state index in [1.165, 1.54) is 0 Å². The third kappa shape index (κ3) is 4.43. The number of rotatable bonds is 6. The van der Waals surface area contributed by atoms with E-state index in [0.717, 1.165) is 38.5 Å². The van der Waals surface area contributed by atoms with Gasteiger partial charge in [-0.1, -0.05) is 31.3 Å². The number of hydrogen-bond acceptors (Lipinski definition) is 3. The van der Waals surface area contributed by atoms with Crippen LogP contribution in [-0.2, 0) is 0 Å². The van der Waals surface area contributed by atoms with Crippen LogP contribution in [0.4, 0.5) is 4.79 Å². The second kappa shape index (κ2) is 7.79. The molecule has 0 atom stereocenters. The van der Waals surface area contributed by atoms with Crippen molar-refractivity contribution >= 4 is 11.9 Å². The van der Waals surface area contributed by atoms with Crippen LogP contribution in [-0.4, -0.2) is 41.1 Å². The van der Waals surface area contributed by atoms with Crippen molar-refractivity contribution in [3.8, 4) is 0 Å². The lowest BCUT2D eigenvalue weighted by molar-refractivity contribution is 0.184. The number of carbonyl (C=O) groups excluding carboxylic acids is 1. The lowest BCUT2D eigenvalue weighted by Gasteiger charge is -2.28. The maximum Gasteiger partial charge on any atom is 0.318 e. The van der Waals surface area contributed by atoms with Crippen LogP contribution in [0.1, 0.15) is 45.4 Å². The van der Waals surface area contributed by atoms with Crippen LogP contribution in [0, 0.1) is 0 Å². The summed E-state index contributed by atoms with van der Waals surface area (Å²) >= 11 is 0. The number of unbranched alkanes of at least 4 members (excludes halogenated alkanes) is 1. The number of nitrogens with zero attached hydrogens (tertiary/aromatic N) is 2. The van der Waals surface area contributed by atoms with Crippen molar-refractivity contribution in [2.45, 2.75) is 51.5 Å². The molecule has 104 valence electrons. The van der Waals surface area contributed by atoms with Gasteiger partial charge in [-0.05, 0) is 19.3 Å². The van der Waals surface area contributed by atoms with Gasteiger partial charge in [-0.15, -0.1) is 0 Å². The summed E-state index contributed by atoms with van der Waals surface area (Å²) in [5, 5.41) is 14.5. The summed E-state index contributed by atoms with van der Waals surface area (Å²) in [5.41, 5.74) is 5.51. The van der Waals surface area contributed by atoms with Crippen molar-refractivity contribution in [2.24, 2.45) is 10.9 Å². The molecule has 0 aromatic rings. The van der Waals surface area contributed by atoms with Gasteiger partial charge in [-0.25, -0.2) is 4.79 Å². The van der Waals surface area contributed by atoms with Gasteiger partial charge in [-0.3, -0.25) is 0 Å². The van der Waals surface area contributed by atoms with Crippen LogP contribution in [0.25, 0.3) is 0 Å². The van der Waals surface area contributed by atoms with Gasteiger partial charge in [0.15, 0.2) is 5.84 Å². The van der Waals surface area contributed by atoms with Gasteiger partial charge in [0.25, 0.3) is 0 Å². The largest absolute Gasteiger partial charge is 0.409 e. The van der Waals surface area contributed by atoms with Crippen molar-refractivity contribution in [2.75, 3.05) is 13.1 Å². The molecule has 6 heteroatoms. The third-order valence-electron chi connectivity index (χ3n) is 3.29. The fraction of sp³-hybridized carbons (Fsp3) is 0.833. The summed E-state index contributed by atoms with van der Waals surface area (Å²) in [6.07, 6.45) is 6.29. The molecule has 6 nitrogen and oxygen atoms in total. The van der Waals surface area contributed by atoms with Gasteiger partial charge in [0.2, 0.25) is 0 Å². The molecule has 18 heavy (non-hydrogen) atoms. The number of oxime groups is 1. The highest BCUT2D eigenvalue weighted by atomic mass is 16.4. The predicted octanol–water partition coefficient (Wildman–Crippen LogP) is 1.49. The molecule has 1 saturated carbocycles. The molecule has 1 fully saturated rings. The summed E-state index contributed by atoms with van der Waals surface area (Å²) in [7, 11) is 0. The molecule has 1 rings (SSSR count). The molecule has 0 radical (unpaired) electrons. The number of amidine groups is 1. The molecule has 0 aliphatic heterocycles. The fourth-order valence-electron chi connectivity index (χ4n) is 2.26. The lowest BCUT2D eigenvalue weighted by atomic mass is 10.2. The minimum Gasteiger partial charge on any atom is -0.409 e. The highest BCUT2D eigenvalue weighted by molar-refractivity contribution is 5.86. The van der Waals surface area contributed by atoms with Crippen molar-refractivity contribution in [1.29, 1.82) is 0 Å². The van der Waals surface area contributed by atoms with Crippen molar-refractivity contribution in [3.63, 3.8) is 0 Å². The Hall–Kier alpha value is -1.46. The fourth-order valence-corrected chi connectivity index (χ4v) is 2.26. The summed E-state index contributed by atoms with van der Waals surface area (Å²) in [6, 6.07) is 0.105. The molecule has 0 heterocycles. The Kier molecular flexibility index (Phi) is 6.32.